The number of nitrogens with one attached hydrogen (secondary N) is 1. The minimum Gasteiger partial charge on any atom is -0.481 e. The number of carbonyl (C=O) groups is 1. The molecule has 2 aromatic carbocycles. The minimum atomic E-state index is -0.749. The Morgan fingerprint density at radius 1 is 1.29 bits per heavy atom. The van der Waals surface area contributed by atoms with Crippen molar-refractivity contribution in [1.29, 1.82) is 5.26 Å². The van der Waals surface area contributed by atoms with Crippen molar-refractivity contribution in [2.24, 2.45) is 0 Å². The molecule has 0 fully saturated rings. The molecule has 1 amide bonds. The van der Waals surface area contributed by atoms with Gasteiger partial charge < -0.3 is 10.1 Å². The van der Waals surface area contributed by atoms with Gasteiger partial charge in [0.15, 0.2) is 6.10 Å². The molecule has 1 N–H and O–H groups in total. The molecule has 0 aromatic heterocycles. The van der Waals surface area contributed by atoms with E-state index >= 15 is 0 Å². The van der Waals surface area contributed by atoms with Crippen molar-refractivity contribution in [1.82, 2.24) is 0 Å². The van der Waals surface area contributed by atoms with Gasteiger partial charge in [0.1, 0.15) is 11.6 Å². The normalized spacial score (nSPS) is 11.3. The van der Waals surface area contributed by atoms with Gasteiger partial charge in [0.05, 0.1) is 11.6 Å². The van der Waals surface area contributed by atoms with E-state index in [1.165, 1.54) is 18.2 Å². The topological polar surface area (TPSA) is 62.1 Å². The number of amides is 1. The number of halogens is 1. The van der Waals surface area contributed by atoms with E-state index in [9.17, 15) is 9.18 Å². The molecule has 0 aliphatic rings. The van der Waals surface area contributed by atoms with E-state index in [0.717, 1.165) is 0 Å². The Balaban J connectivity index is 1.97. The van der Waals surface area contributed by atoms with Crippen LogP contribution in [-0.4, -0.2) is 12.0 Å². The van der Waals surface area contributed by atoms with Crippen LogP contribution in [0.1, 0.15) is 12.5 Å². The fourth-order valence-electron chi connectivity index (χ4n) is 1.68. The van der Waals surface area contributed by atoms with Gasteiger partial charge in [0.25, 0.3) is 5.91 Å². The van der Waals surface area contributed by atoms with Gasteiger partial charge in [-0.1, -0.05) is 6.07 Å². The Morgan fingerprint density at radius 3 is 2.62 bits per heavy atom. The predicted octanol–water partition coefficient (Wildman–Crippen LogP) is 3.10. The van der Waals surface area contributed by atoms with Crippen LogP contribution in [0.3, 0.4) is 0 Å². The molecule has 4 nitrogen and oxygen atoms in total. The van der Waals surface area contributed by atoms with Gasteiger partial charge in [-0.05, 0) is 49.4 Å². The summed E-state index contributed by atoms with van der Waals surface area (Å²) in [5, 5.41) is 11.3. The molecule has 0 aliphatic carbocycles. The highest BCUT2D eigenvalue weighted by Crippen LogP contribution is 2.15. The molecule has 21 heavy (non-hydrogen) atoms. The summed E-state index contributed by atoms with van der Waals surface area (Å²) in [7, 11) is 0. The first kappa shape index (κ1) is 14.5. The number of nitrogens with zero attached hydrogens (tertiary/aromatic N) is 1. The number of rotatable bonds is 4. The Bertz CT molecular complexity index is 677. The first-order valence-electron chi connectivity index (χ1n) is 6.32. The van der Waals surface area contributed by atoms with Crippen molar-refractivity contribution in [3.05, 3.63) is 59.9 Å². The monoisotopic (exact) mass is 284 g/mol. The molecule has 0 aliphatic heterocycles. The van der Waals surface area contributed by atoms with E-state index in [4.69, 9.17) is 10.00 Å². The highest BCUT2D eigenvalue weighted by atomic mass is 19.1. The lowest BCUT2D eigenvalue weighted by molar-refractivity contribution is -0.122. The predicted molar refractivity (Wildman–Crippen MR) is 76.3 cm³/mol. The van der Waals surface area contributed by atoms with Gasteiger partial charge in [-0.2, -0.15) is 5.26 Å². The van der Waals surface area contributed by atoms with Crippen LogP contribution in [0, 0.1) is 17.1 Å². The van der Waals surface area contributed by atoms with E-state index in [0.29, 0.717) is 17.0 Å². The maximum Gasteiger partial charge on any atom is 0.265 e. The summed E-state index contributed by atoms with van der Waals surface area (Å²) < 4.78 is 18.5. The van der Waals surface area contributed by atoms with Gasteiger partial charge >= 0.3 is 0 Å². The maximum absolute atomic E-state index is 13.0. The molecule has 0 radical (unpaired) electrons. The maximum atomic E-state index is 13.0. The summed E-state index contributed by atoms with van der Waals surface area (Å²) in [4.78, 5) is 11.9. The van der Waals surface area contributed by atoms with Crippen LogP contribution in [0.25, 0.3) is 0 Å². The van der Waals surface area contributed by atoms with Gasteiger partial charge in [-0.15, -0.1) is 0 Å². The Kier molecular flexibility index (Phi) is 4.52. The summed E-state index contributed by atoms with van der Waals surface area (Å²) in [6.07, 6.45) is -0.749. The summed E-state index contributed by atoms with van der Waals surface area (Å²) in [5.74, 6) is -0.325. The number of hydrogen-bond acceptors (Lipinski definition) is 3. The number of carbonyl (C=O) groups excluding carboxylic acids is 1. The molecular formula is C16H13FN2O2. The van der Waals surface area contributed by atoms with Crippen molar-refractivity contribution in [2.75, 3.05) is 5.32 Å². The lowest BCUT2D eigenvalue weighted by atomic mass is 10.2. The second-order valence-corrected chi connectivity index (χ2v) is 4.40. The molecule has 0 heterocycles. The van der Waals surface area contributed by atoms with Crippen molar-refractivity contribution in [3.8, 4) is 11.8 Å². The highest BCUT2D eigenvalue weighted by Gasteiger charge is 2.15. The summed E-state index contributed by atoms with van der Waals surface area (Å²) >= 11 is 0. The zero-order valence-corrected chi connectivity index (χ0v) is 11.3. The number of nitriles is 1. The number of benzene rings is 2. The quantitative estimate of drug-likeness (QED) is 0.938. The summed E-state index contributed by atoms with van der Waals surface area (Å²) in [6.45, 7) is 1.59. The van der Waals surface area contributed by atoms with E-state index in [-0.39, 0.29) is 5.91 Å². The highest BCUT2D eigenvalue weighted by molar-refractivity contribution is 5.94. The van der Waals surface area contributed by atoms with E-state index in [2.05, 4.69) is 5.32 Å². The molecule has 5 heteroatoms. The minimum absolute atomic E-state index is 0.371. The first-order valence-corrected chi connectivity index (χ1v) is 6.32. The van der Waals surface area contributed by atoms with Crippen LogP contribution >= 0.6 is 0 Å². The third-order valence-corrected chi connectivity index (χ3v) is 2.76. The van der Waals surface area contributed by atoms with Crippen molar-refractivity contribution >= 4 is 11.6 Å². The van der Waals surface area contributed by atoms with Crippen LogP contribution < -0.4 is 10.1 Å². The Labute approximate surface area is 121 Å². The van der Waals surface area contributed by atoms with E-state index in [1.807, 2.05) is 6.07 Å². The SMILES string of the molecule is C[C@@H](Oc1ccc(C#N)cc1)C(=O)Nc1cccc(F)c1. The van der Waals surface area contributed by atoms with Gasteiger partial charge in [0, 0.05) is 5.69 Å². The van der Waals surface area contributed by atoms with Crippen LogP contribution in [-0.2, 0) is 4.79 Å². The summed E-state index contributed by atoms with van der Waals surface area (Å²) in [6, 6.07) is 14.1. The van der Waals surface area contributed by atoms with E-state index in [1.54, 1.807) is 37.3 Å². The lowest BCUT2D eigenvalue weighted by Crippen LogP contribution is -2.30. The molecule has 0 bridgehead atoms. The average molecular weight is 284 g/mol. The fourth-order valence-corrected chi connectivity index (χ4v) is 1.68. The second-order valence-electron chi connectivity index (χ2n) is 4.40. The van der Waals surface area contributed by atoms with Crippen LogP contribution in [0.2, 0.25) is 0 Å². The molecule has 2 rings (SSSR count). The zero-order chi connectivity index (χ0) is 15.2. The van der Waals surface area contributed by atoms with Gasteiger partial charge in [-0.25, -0.2) is 4.39 Å². The van der Waals surface area contributed by atoms with Crippen LogP contribution in [0.4, 0.5) is 10.1 Å². The Hall–Kier alpha value is -2.87. The summed E-state index contributed by atoms with van der Waals surface area (Å²) in [5.41, 5.74) is 0.884. The Morgan fingerprint density at radius 2 is 2.00 bits per heavy atom. The largest absolute Gasteiger partial charge is 0.481 e. The zero-order valence-electron chi connectivity index (χ0n) is 11.3. The molecule has 2 aromatic rings. The molecule has 1 atom stereocenters. The van der Waals surface area contributed by atoms with E-state index < -0.39 is 11.9 Å². The molecule has 0 saturated heterocycles. The third-order valence-electron chi connectivity index (χ3n) is 2.76. The number of ether oxygens (including phenoxy) is 1. The van der Waals surface area contributed by atoms with Gasteiger partial charge in [0.2, 0.25) is 0 Å². The lowest BCUT2D eigenvalue weighted by Gasteiger charge is -2.14. The van der Waals surface area contributed by atoms with Crippen LogP contribution in [0.15, 0.2) is 48.5 Å². The molecule has 0 spiro atoms. The van der Waals surface area contributed by atoms with Crippen molar-refractivity contribution in [2.45, 2.75) is 13.0 Å². The third kappa shape index (κ3) is 4.05. The smallest absolute Gasteiger partial charge is 0.265 e. The molecular weight excluding hydrogens is 271 g/mol. The number of anilines is 1. The van der Waals surface area contributed by atoms with Gasteiger partial charge in [-0.3, -0.25) is 4.79 Å². The molecule has 0 unspecified atom stereocenters. The standard InChI is InChI=1S/C16H13FN2O2/c1-11(21-15-7-5-12(10-18)6-8-15)16(20)19-14-4-2-3-13(17)9-14/h2-9,11H,1H3,(H,19,20)/t11-/m1/s1. The number of hydrogen-bond donors (Lipinski definition) is 1. The van der Waals surface area contributed by atoms with Crippen molar-refractivity contribution in [3.63, 3.8) is 0 Å². The average Bonchev–Trinajstić information content (AvgIpc) is 2.48. The van der Waals surface area contributed by atoms with Crippen LogP contribution in [0.5, 0.6) is 5.75 Å². The molecule has 0 saturated carbocycles. The molecule has 106 valence electrons. The second kappa shape index (κ2) is 6.53. The fraction of sp³-hybridized carbons (Fsp3) is 0.125. The first-order chi connectivity index (χ1) is 10.1. The van der Waals surface area contributed by atoms with Crippen molar-refractivity contribution < 1.29 is 13.9 Å².